The average Bonchev–Trinajstić information content (AvgIpc) is 2.97. The highest BCUT2D eigenvalue weighted by atomic mass is 16.2. The number of urea groups is 1. The van der Waals surface area contributed by atoms with Gasteiger partial charge >= 0.3 is 6.03 Å². The number of amides is 2. The number of piperidine rings is 1. The third-order valence-corrected chi connectivity index (χ3v) is 6.94. The smallest absolute Gasteiger partial charge is 0.319 e. The molecule has 0 saturated carbocycles. The van der Waals surface area contributed by atoms with E-state index in [2.05, 4.69) is 70.1 Å². The first-order valence-corrected chi connectivity index (χ1v) is 13.7. The number of para-hydroxylation sites is 1. The number of likely N-dealkylation sites (tertiary alicyclic amines) is 1. The monoisotopic (exact) mass is 505 g/mol. The van der Waals surface area contributed by atoms with Crippen LogP contribution in [0.3, 0.4) is 0 Å². The summed E-state index contributed by atoms with van der Waals surface area (Å²) in [6.45, 7) is 3.70. The normalized spacial score (nSPS) is 13.7. The van der Waals surface area contributed by atoms with Crippen molar-refractivity contribution in [3.8, 4) is 0 Å². The average molecular weight is 506 g/mol. The molecule has 1 aliphatic rings. The predicted octanol–water partition coefficient (Wildman–Crippen LogP) is 7.19. The van der Waals surface area contributed by atoms with E-state index in [9.17, 15) is 4.79 Å². The Hall–Kier alpha value is -3.89. The molecule has 0 bridgehead atoms. The summed E-state index contributed by atoms with van der Waals surface area (Å²) in [4.78, 5) is 14.9. The van der Waals surface area contributed by atoms with Crippen LogP contribution in [-0.4, -0.2) is 30.6 Å². The highest BCUT2D eigenvalue weighted by molar-refractivity contribution is 5.90. The van der Waals surface area contributed by atoms with Crippen molar-refractivity contribution in [1.29, 1.82) is 0 Å². The zero-order chi connectivity index (χ0) is 26.3. The molecule has 1 fully saturated rings. The molecule has 196 valence electrons. The molecule has 0 aliphatic carbocycles. The van der Waals surface area contributed by atoms with Gasteiger partial charge in [0.15, 0.2) is 0 Å². The van der Waals surface area contributed by atoms with E-state index in [0.29, 0.717) is 6.54 Å². The Bertz CT molecular complexity index is 1160. The van der Waals surface area contributed by atoms with Crippen LogP contribution >= 0.6 is 0 Å². The zero-order valence-corrected chi connectivity index (χ0v) is 22.1. The number of benzene rings is 4. The lowest BCUT2D eigenvalue weighted by molar-refractivity contribution is 0.177. The van der Waals surface area contributed by atoms with Crippen molar-refractivity contribution in [1.82, 2.24) is 10.2 Å². The first-order chi connectivity index (χ1) is 18.8. The maximum Gasteiger partial charge on any atom is 0.319 e. The summed E-state index contributed by atoms with van der Waals surface area (Å²) in [5.41, 5.74) is 4.74. The van der Waals surface area contributed by atoms with E-state index >= 15 is 0 Å². The van der Waals surface area contributed by atoms with Gasteiger partial charge in [-0.3, -0.25) is 4.90 Å². The Balaban J connectivity index is 0.000000494. The molecule has 5 rings (SSSR count). The van der Waals surface area contributed by atoms with E-state index < -0.39 is 0 Å². The third-order valence-electron chi connectivity index (χ3n) is 6.94. The summed E-state index contributed by atoms with van der Waals surface area (Å²) in [5, 5.41) is 6.03. The first-order valence-electron chi connectivity index (χ1n) is 13.7. The largest absolute Gasteiger partial charge is 0.338 e. The molecule has 4 aromatic carbocycles. The van der Waals surface area contributed by atoms with Gasteiger partial charge in [-0.05, 0) is 67.4 Å². The lowest BCUT2D eigenvalue weighted by Gasteiger charge is -2.32. The van der Waals surface area contributed by atoms with Gasteiger partial charge < -0.3 is 10.6 Å². The van der Waals surface area contributed by atoms with Crippen molar-refractivity contribution < 1.29 is 4.79 Å². The Kier molecular flexibility index (Phi) is 11.0. The van der Waals surface area contributed by atoms with Gasteiger partial charge in [0.1, 0.15) is 0 Å². The Morgan fingerprint density at radius 2 is 1.21 bits per heavy atom. The second-order valence-corrected chi connectivity index (χ2v) is 9.84. The van der Waals surface area contributed by atoms with Gasteiger partial charge in [-0.1, -0.05) is 115 Å². The Labute approximate surface area is 227 Å². The molecule has 1 saturated heterocycles. The Morgan fingerprint density at radius 3 is 1.84 bits per heavy atom. The van der Waals surface area contributed by atoms with Crippen molar-refractivity contribution in [3.05, 3.63) is 138 Å². The molecule has 38 heavy (non-hydrogen) atoms. The molecule has 0 atom stereocenters. The number of nitrogens with zero attached hydrogens (tertiary/aromatic N) is 1. The zero-order valence-electron chi connectivity index (χ0n) is 22.1. The molecule has 4 nitrogen and oxygen atoms in total. The van der Waals surface area contributed by atoms with Crippen LogP contribution in [0.15, 0.2) is 121 Å². The molecule has 0 radical (unpaired) electrons. The van der Waals surface area contributed by atoms with E-state index in [4.69, 9.17) is 0 Å². The van der Waals surface area contributed by atoms with Gasteiger partial charge in [-0.2, -0.15) is 0 Å². The fourth-order valence-corrected chi connectivity index (χ4v) is 4.83. The SMILES string of the molecule is O=C(NCCc1ccccc1)Nc1ccccc1CN1CCC(Cc2ccccc2)CC1.c1ccccc1. The molecule has 2 N–H and O–H groups in total. The van der Waals surface area contributed by atoms with E-state index in [0.717, 1.165) is 37.7 Å². The minimum atomic E-state index is -0.144. The van der Waals surface area contributed by atoms with Crippen LogP contribution in [0.5, 0.6) is 0 Å². The van der Waals surface area contributed by atoms with E-state index in [1.165, 1.54) is 36.0 Å². The molecule has 1 heterocycles. The van der Waals surface area contributed by atoms with Crippen LogP contribution in [0.4, 0.5) is 10.5 Å². The van der Waals surface area contributed by atoms with E-state index in [1.54, 1.807) is 0 Å². The van der Waals surface area contributed by atoms with Crippen molar-refractivity contribution in [2.45, 2.75) is 32.2 Å². The van der Waals surface area contributed by atoms with Crippen molar-refractivity contribution in [2.75, 3.05) is 25.0 Å². The van der Waals surface area contributed by atoms with Crippen LogP contribution < -0.4 is 10.6 Å². The number of hydrogen-bond acceptors (Lipinski definition) is 2. The van der Waals surface area contributed by atoms with Gasteiger partial charge in [0.25, 0.3) is 0 Å². The molecule has 4 aromatic rings. The standard InChI is InChI=1S/C28H33N3O.C6H6/c32-28(29-18-15-23-9-3-1-4-10-23)30-27-14-8-7-13-26(27)22-31-19-16-25(17-20-31)21-24-11-5-2-6-12-24;1-2-4-6-5-3-1/h1-14,25H,15-22H2,(H2,29,30,32);1-6H. The number of anilines is 1. The lowest BCUT2D eigenvalue weighted by atomic mass is 9.90. The molecule has 0 unspecified atom stereocenters. The summed E-state index contributed by atoms with van der Waals surface area (Å²) in [7, 11) is 0. The number of carbonyl (C=O) groups excluding carboxylic acids is 1. The number of hydrogen-bond donors (Lipinski definition) is 2. The summed E-state index contributed by atoms with van der Waals surface area (Å²) in [5.74, 6) is 0.761. The summed E-state index contributed by atoms with van der Waals surface area (Å²) < 4.78 is 0. The summed E-state index contributed by atoms with van der Waals surface area (Å²) in [6, 6.07) is 41.0. The van der Waals surface area contributed by atoms with Crippen molar-refractivity contribution in [3.63, 3.8) is 0 Å². The molecule has 2 amide bonds. The summed E-state index contributed by atoms with van der Waals surface area (Å²) in [6.07, 6.45) is 4.46. The molecule has 0 spiro atoms. The van der Waals surface area contributed by atoms with Gasteiger partial charge in [0, 0.05) is 18.8 Å². The van der Waals surface area contributed by atoms with Crippen LogP contribution in [0.2, 0.25) is 0 Å². The van der Waals surface area contributed by atoms with E-state index in [-0.39, 0.29) is 6.03 Å². The van der Waals surface area contributed by atoms with Crippen LogP contribution in [-0.2, 0) is 19.4 Å². The van der Waals surface area contributed by atoms with Gasteiger partial charge in [-0.25, -0.2) is 4.79 Å². The molecule has 1 aliphatic heterocycles. The molecule has 4 heteroatoms. The Morgan fingerprint density at radius 1 is 0.684 bits per heavy atom. The number of rotatable bonds is 8. The van der Waals surface area contributed by atoms with Gasteiger partial charge in [0.05, 0.1) is 0 Å². The van der Waals surface area contributed by atoms with Crippen LogP contribution in [0.25, 0.3) is 0 Å². The first kappa shape index (κ1) is 27.2. The number of carbonyl (C=O) groups is 1. The minimum absolute atomic E-state index is 0.144. The molecular formula is C34H39N3O. The molecular weight excluding hydrogens is 466 g/mol. The van der Waals surface area contributed by atoms with Crippen LogP contribution in [0.1, 0.15) is 29.5 Å². The topological polar surface area (TPSA) is 44.4 Å². The highest BCUT2D eigenvalue weighted by Gasteiger charge is 2.20. The maximum absolute atomic E-state index is 12.4. The lowest BCUT2D eigenvalue weighted by Crippen LogP contribution is -2.34. The van der Waals surface area contributed by atoms with E-state index in [1.807, 2.05) is 66.7 Å². The third kappa shape index (κ3) is 9.53. The fourth-order valence-electron chi connectivity index (χ4n) is 4.83. The van der Waals surface area contributed by atoms with Gasteiger partial charge in [-0.15, -0.1) is 0 Å². The van der Waals surface area contributed by atoms with Crippen molar-refractivity contribution in [2.24, 2.45) is 5.92 Å². The van der Waals surface area contributed by atoms with Crippen molar-refractivity contribution >= 4 is 11.7 Å². The predicted molar refractivity (Wildman–Crippen MR) is 158 cm³/mol. The van der Waals surface area contributed by atoms with Crippen LogP contribution in [0, 0.1) is 5.92 Å². The van der Waals surface area contributed by atoms with Gasteiger partial charge in [0.2, 0.25) is 0 Å². The maximum atomic E-state index is 12.4. The fraction of sp³-hybridized carbons (Fsp3) is 0.265. The second kappa shape index (κ2) is 15.4. The minimum Gasteiger partial charge on any atom is -0.338 e. The summed E-state index contributed by atoms with van der Waals surface area (Å²) >= 11 is 0. The molecule has 0 aromatic heterocycles. The second-order valence-electron chi connectivity index (χ2n) is 9.84. The number of nitrogens with one attached hydrogen (secondary N) is 2. The highest BCUT2D eigenvalue weighted by Crippen LogP contribution is 2.24. The quantitative estimate of drug-likeness (QED) is 0.266.